The molecule has 0 saturated carbocycles. The molecule has 1 amide bonds. The Morgan fingerprint density at radius 3 is 2.33 bits per heavy atom. The highest BCUT2D eigenvalue weighted by molar-refractivity contribution is 6.05. The van der Waals surface area contributed by atoms with Gasteiger partial charge in [0, 0.05) is 11.8 Å². The molecular weight excluding hydrogens is 224 g/mol. The predicted molar refractivity (Wildman–Crippen MR) is 72.8 cm³/mol. The molecule has 18 heavy (non-hydrogen) atoms. The average molecular weight is 240 g/mol. The molecule has 0 radical (unpaired) electrons. The van der Waals surface area contributed by atoms with Crippen molar-refractivity contribution < 1.29 is 4.79 Å². The Balaban J connectivity index is 2.30. The first-order chi connectivity index (χ1) is 8.58. The smallest absolute Gasteiger partial charge is 0.257 e. The van der Waals surface area contributed by atoms with E-state index in [2.05, 4.69) is 10.3 Å². The van der Waals surface area contributed by atoms with Crippen LogP contribution in [0.3, 0.4) is 0 Å². The summed E-state index contributed by atoms with van der Waals surface area (Å²) >= 11 is 0. The monoisotopic (exact) mass is 240 g/mol. The maximum atomic E-state index is 12.2. The lowest BCUT2D eigenvalue weighted by molar-refractivity contribution is 0.102. The van der Waals surface area contributed by atoms with Crippen molar-refractivity contribution in [1.29, 1.82) is 0 Å². The summed E-state index contributed by atoms with van der Waals surface area (Å²) in [6, 6.07) is 9.47. The van der Waals surface area contributed by atoms with Crippen LogP contribution in [0.2, 0.25) is 0 Å². The first-order valence-electron chi connectivity index (χ1n) is 5.88. The van der Waals surface area contributed by atoms with Crippen LogP contribution in [0.15, 0.2) is 36.5 Å². The lowest BCUT2D eigenvalue weighted by Crippen LogP contribution is -2.15. The fourth-order valence-corrected chi connectivity index (χ4v) is 2.15. The third-order valence-electron chi connectivity index (χ3n) is 2.81. The van der Waals surface area contributed by atoms with Gasteiger partial charge in [0.05, 0.1) is 0 Å². The zero-order valence-corrected chi connectivity index (χ0v) is 10.8. The van der Waals surface area contributed by atoms with Gasteiger partial charge in [-0.25, -0.2) is 4.98 Å². The number of anilines is 1. The predicted octanol–water partition coefficient (Wildman–Crippen LogP) is 3.26. The Hall–Kier alpha value is -2.16. The number of carbonyl (C=O) groups excluding carboxylic acids is 1. The summed E-state index contributed by atoms with van der Waals surface area (Å²) in [5, 5.41) is 2.81. The van der Waals surface area contributed by atoms with Crippen LogP contribution in [0.1, 0.15) is 27.0 Å². The Kier molecular flexibility index (Phi) is 3.42. The van der Waals surface area contributed by atoms with Crippen molar-refractivity contribution in [2.75, 3.05) is 5.32 Å². The molecule has 0 bridgehead atoms. The Bertz CT molecular complexity index is 553. The molecule has 1 aromatic heterocycles. The number of pyridine rings is 1. The van der Waals surface area contributed by atoms with Crippen molar-refractivity contribution in [2.24, 2.45) is 0 Å². The number of hydrogen-bond acceptors (Lipinski definition) is 2. The molecule has 0 aliphatic heterocycles. The quantitative estimate of drug-likeness (QED) is 0.875. The van der Waals surface area contributed by atoms with Crippen molar-refractivity contribution >= 4 is 11.7 Å². The molecule has 2 aromatic rings. The van der Waals surface area contributed by atoms with Gasteiger partial charge in [0.15, 0.2) is 0 Å². The Morgan fingerprint density at radius 2 is 1.78 bits per heavy atom. The minimum absolute atomic E-state index is 0.108. The standard InChI is InChI=1S/C15H16N2O/c1-10-8-11(2)14(12(3)9-10)15(18)17-13-6-4-5-7-16-13/h4-9H,1-3H3,(H,16,17,18). The molecule has 3 heteroatoms. The van der Waals surface area contributed by atoms with Crippen molar-refractivity contribution in [3.05, 3.63) is 58.8 Å². The van der Waals surface area contributed by atoms with E-state index in [0.717, 1.165) is 16.7 Å². The first kappa shape index (κ1) is 12.3. The average Bonchev–Trinajstić information content (AvgIpc) is 2.28. The molecule has 0 spiro atoms. The van der Waals surface area contributed by atoms with Crippen molar-refractivity contribution in [1.82, 2.24) is 4.98 Å². The summed E-state index contributed by atoms with van der Waals surface area (Å²) in [4.78, 5) is 16.3. The van der Waals surface area contributed by atoms with Crippen LogP contribution in [-0.4, -0.2) is 10.9 Å². The van der Waals surface area contributed by atoms with Gasteiger partial charge >= 0.3 is 0 Å². The maximum absolute atomic E-state index is 12.2. The molecule has 1 N–H and O–H groups in total. The summed E-state index contributed by atoms with van der Waals surface area (Å²) < 4.78 is 0. The summed E-state index contributed by atoms with van der Waals surface area (Å²) in [5.74, 6) is 0.463. The molecule has 0 unspecified atom stereocenters. The number of nitrogens with zero attached hydrogens (tertiary/aromatic N) is 1. The second kappa shape index (κ2) is 5.00. The number of carbonyl (C=O) groups is 1. The van der Waals surface area contributed by atoms with E-state index >= 15 is 0 Å². The summed E-state index contributed by atoms with van der Waals surface area (Å²) in [6.07, 6.45) is 1.66. The van der Waals surface area contributed by atoms with E-state index in [1.54, 1.807) is 12.3 Å². The van der Waals surface area contributed by atoms with Crippen molar-refractivity contribution in [3.63, 3.8) is 0 Å². The molecule has 1 aromatic carbocycles. The third-order valence-corrected chi connectivity index (χ3v) is 2.81. The van der Waals surface area contributed by atoms with Crippen molar-refractivity contribution in [3.8, 4) is 0 Å². The molecule has 92 valence electrons. The summed E-state index contributed by atoms with van der Waals surface area (Å²) in [5.41, 5.74) is 3.87. The second-order valence-electron chi connectivity index (χ2n) is 4.44. The molecule has 2 rings (SSSR count). The number of benzene rings is 1. The number of amides is 1. The molecule has 1 heterocycles. The highest BCUT2D eigenvalue weighted by atomic mass is 16.1. The fourth-order valence-electron chi connectivity index (χ4n) is 2.15. The lowest BCUT2D eigenvalue weighted by Gasteiger charge is -2.11. The van der Waals surface area contributed by atoms with E-state index < -0.39 is 0 Å². The van der Waals surface area contributed by atoms with Gasteiger partial charge in [0.25, 0.3) is 5.91 Å². The molecule has 0 aliphatic carbocycles. The minimum Gasteiger partial charge on any atom is -0.307 e. The van der Waals surface area contributed by atoms with Gasteiger partial charge < -0.3 is 5.32 Å². The lowest BCUT2D eigenvalue weighted by atomic mass is 9.99. The number of nitrogens with one attached hydrogen (secondary N) is 1. The van der Waals surface area contributed by atoms with Gasteiger partial charge in [-0.3, -0.25) is 4.79 Å². The van der Waals surface area contributed by atoms with E-state index in [0.29, 0.717) is 5.82 Å². The zero-order chi connectivity index (χ0) is 13.1. The summed E-state index contributed by atoms with van der Waals surface area (Å²) in [7, 11) is 0. The summed E-state index contributed by atoms with van der Waals surface area (Å²) in [6.45, 7) is 5.93. The van der Waals surface area contributed by atoms with Gasteiger partial charge in [0.1, 0.15) is 5.82 Å². The van der Waals surface area contributed by atoms with Crippen molar-refractivity contribution in [2.45, 2.75) is 20.8 Å². The first-order valence-corrected chi connectivity index (χ1v) is 5.88. The van der Waals surface area contributed by atoms with E-state index in [1.165, 1.54) is 5.56 Å². The Labute approximate surface area is 107 Å². The molecule has 0 saturated heterocycles. The largest absolute Gasteiger partial charge is 0.307 e. The molecule has 3 nitrogen and oxygen atoms in total. The number of hydrogen-bond donors (Lipinski definition) is 1. The molecule has 0 fully saturated rings. The number of rotatable bonds is 2. The SMILES string of the molecule is Cc1cc(C)c(C(=O)Nc2ccccn2)c(C)c1. The van der Waals surface area contributed by atoms with E-state index in [-0.39, 0.29) is 5.91 Å². The van der Waals surface area contributed by atoms with Crippen LogP contribution < -0.4 is 5.32 Å². The fraction of sp³-hybridized carbons (Fsp3) is 0.200. The van der Waals surface area contributed by atoms with Crippen LogP contribution in [0.5, 0.6) is 0 Å². The third kappa shape index (κ3) is 2.56. The van der Waals surface area contributed by atoms with Gasteiger partial charge in [0.2, 0.25) is 0 Å². The Morgan fingerprint density at radius 1 is 1.11 bits per heavy atom. The second-order valence-corrected chi connectivity index (χ2v) is 4.44. The highest BCUT2D eigenvalue weighted by Crippen LogP contribution is 2.17. The van der Waals surface area contributed by atoms with E-state index in [9.17, 15) is 4.79 Å². The molecule has 0 atom stereocenters. The number of aryl methyl sites for hydroxylation is 3. The highest BCUT2D eigenvalue weighted by Gasteiger charge is 2.13. The molecular formula is C15H16N2O. The van der Waals surface area contributed by atoms with Crippen LogP contribution >= 0.6 is 0 Å². The normalized spacial score (nSPS) is 10.2. The van der Waals surface area contributed by atoms with Crippen LogP contribution in [-0.2, 0) is 0 Å². The van der Waals surface area contributed by atoms with Crippen LogP contribution in [0, 0.1) is 20.8 Å². The molecule has 0 aliphatic rings. The van der Waals surface area contributed by atoms with Gasteiger partial charge in [-0.2, -0.15) is 0 Å². The minimum atomic E-state index is -0.108. The number of aromatic nitrogens is 1. The van der Waals surface area contributed by atoms with E-state index in [4.69, 9.17) is 0 Å². The maximum Gasteiger partial charge on any atom is 0.257 e. The van der Waals surface area contributed by atoms with E-state index in [1.807, 2.05) is 45.0 Å². The van der Waals surface area contributed by atoms with Crippen LogP contribution in [0.4, 0.5) is 5.82 Å². The van der Waals surface area contributed by atoms with Gasteiger partial charge in [-0.15, -0.1) is 0 Å². The zero-order valence-electron chi connectivity index (χ0n) is 10.8. The van der Waals surface area contributed by atoms with Gasteiger partial charge in [-0.05, 0) is 44.0 Å². The topological polar surface area (TPSA) is 42.0 Å². The van der Waals surface area contributed by atoms with Crippen LogP contribution in [0.25, 0.3) is 0 Å². The van der Waals surface area contributed by atoms with Gasteiger partial charge in [-0.1, -0.05) is 23.8 Å².